The molecule has 0 spiro atoms. The molecule has 0 bridgehead atoms. The van der Waals surface area contributed by atoms with Crippen molar-refractivity contribution in [3.63, 3.8) is 0 Å². The molecule has 2 saturated heterocycles. The number of rotatable bonds is 11. The molecule has 45 heavy (non-hydrogen) atoms. The van der Waals surface area contributed by atoms with Crippen molar-refractivity contribution in [2.24, 2.45) is 5.92 Å². The number of anilines is 2. The maximum Gasteiger partial charge on any atom is 0.306 e. The number of amides is 2. The van der Waals surface area contributed by atoms with Gasteiger partial charge < -0.3 is 24.7 Å². The van der Waals surface area contributed by atoms with Crippen molar-refractivity contribution in [3.05, 3.63) is 47.5 Å². The summed E-state index contributed by atoms with van der Waals surface area (Å²) in [6.07, 6.45) is 2.84. The molecule has 2 amide bonds. The molecule has 2 aliphatic heterocycles. The fourth-order valence-electron chi connectivity index (χ4n) is 6.01. The number of aliphatic carboxylic acids is 1. The number of unbranched alkanes of at least 4 members (excludes halogenated alkanes) is 1. The van der Waals surface area contributed by atoms with Crippen LogP contribution in [0.1, 0.15) is 69.9 Å². The number of aromatic hydroxyl groups is 1. The number of methoxy groups -OCH3 is 1. The number of amidine groups is 1. The number of ether oxygens (including phenoxy) is 1. The van der Waals surface area contributed by atoms with Crippen LogP contribution in [0.5, 0.6) is 11.5 Å². The highest BCUT2D eigenvalue weighted by Gasteiger charge is 2.29. The van der Waals surface area contributed by atoms with Crippen molar-refractivity contribution >= 4 is 35.0 Å². The van der Waals surface area contributed by atoms with Crippen LogP contribution in [-0.2, 0) is 14.4 Å². The number of hydrogen-bond acceptors (Lipinski definition) is 8. The molecule has 4 rings (SSSR count). The number of nitrogens with zero attached hydrogens (tertiary/aromatic N) is 4. The van der Waals surface area contributed by atoms with Crippen LogP contribution in [0.25, 0.3) is 0 Å². The number of phenolic OH excluding ortho intramolecular Hbond substituents is 1. The van der Waals surface area contributed by atoms with E-state index in [9.17, 15) is 24.6 Å². The lowest BCUT2D eigenvalue weighted by atomic mass is 9.97. The van der Waals surface area contributed by atoms with Gasteiger partial charge in [-0.1, -0.05) is 27.2 Å². The van der Waals surface area contributed by atoms with Gasteiger partial charge >= 0.3 is 5.97 Å². The maximum atomic E-state index is 13.4. The zero-order valence-electron chi connectivity index (χ0n) is 26.9. The first-order valence-corrected chi connectivity index (χ1v) is 15.9. The minimum absolute atomic E-state index is 0.0512. The Labute approximate surface area is 265 Å². The summed E-state index contributed by atoms with van der Waals surface area (Å²) in [4.78, 5) is 45.0. The number of carboxylic acids is 1. The fraction of sp³-hybridized carbons (Fsp3) is 0.529. The highest BCUT2D eigenvalue weighted by atomic mass is 16.5. The van der Waals surface area contributed by atoms with Crippen LogP contribution in [0.15, 0.2) is 36.4 Å². The second kappa shape index (κ2) is 15.2. The fourth-order valence-corrected chi connectivity index (χ4v) is 6.01. The minimum Gasteiger partial charge on any atom is -0.507 e. The van der Waals surface area contributed by atoms with Crippen molar-refractivity contribution in [1.29, 1.82) is 5.41 Å². The van der Waals surface area contributed by atoms with E-state index in [0.717, 1.165) is 43.9 Å². The van der Waals surface area contributed by atoms with E-state index in [1.807, 2.05) is 45.0 Å². The van der Waals surface area contributed by atoms with Gasteiger partial charge in [0.25, 0.3) is 0 Å². The summed E-state index contributed by atoms with van der Waals surface area (Å²) < 4.78 is 5.45. The number of benzene rings is 2. The van der Waals surface area contributed by atoms with Crippen LogP contribution in [0.4, 0.5) is 11.4 Å². The number of piperidine rings is 1. The molecule has 0 radical (unpaired) electrons. The summed E-state index contributed by atoms with van der Waals surface area (Å²) in [6, 6.07) is 10.8. The highest BCUT2D eigenvalue weighted by molar-refractivity contribution is 6.23. The average Bonchev–Trinajstić information content (AvgIpc) is 3.04. The number of likely N-dealkylation sites (tertiary alicyclic amines) is 1. The molecule has 3 N–H and O–H groups in total. The molecule has 2 aromatic carbocycles. The van der Waals surface area contributed by atoms with E-state index in [1.54, 1.807) is 18.1 Å². The lowest BCUT2D eigenvalue weighted by Gasteiger charge is -2.37. The number of carbonyl (C=O) groups excluding carboxylic acids is 2. The SMILES string of the molecule is CCCCC(=O)N(C(=N)c1cc(C(C)C)c(OC)cc1O)c1ccc(N2CCN(CC(=O)N3CCC(C(=O)O)CC3)CC2)cc1. The molecule has 2 aliphatic rings. The maximum absolute atomic E-state index is 13.4. The first-order valence-electron chi connectivity index (χ1n) is 15.9. The van der Waals surface area contributed by atoms with Crippen LogP contribution >= 0.6 is 0 Å². The molecular formula is C34H47N5O6. The second-order valence-electron chi connectivity index (χ2n) is 12.2. The molecule has 2 fully saturated rings. The molecular weight excluding hydrogens is 574 g/mol. The minimum atomic E-state index is -0.780. The molecule has 244 valence electrons. The zero-order valence-corrected chi connectivity index (χ0v) is 26.9. The number of hydrogen-bond donors (Lipinski definition) is 3. The first-order chi connectivity index (χ1) is 21.5. The van der Waals surface area contributed by atoms with E-state index < -0.39 is 5.97 Å². The van der Waals surface area contributed by atoms with Crippen LogP contribution in [0.2, 0.25) is 0 Å². The second-order valence-corrected chi connectivity index (χ2v) is 12.2. The van der Waals surface area contributed by atoms with Crippen molar-refractivity contribution in [1.82, 2.24) is 9.80 Å². The van der Waals surface area contributed by atoms with Crippen molar-refractivity contribution in [3.8, 4) is 11.5 Å². The van der Waals surface area contributed by atoms with Crippen LogP contribution < -0.4 is 14.5 Å². The van der Waals surface area contributed by atoms with E-state index in [4.69, 9.17) is 10.1 Å². The lowest BCUT2D eigenvalue weighted by molar-refractivity contribution is -0.146. The third-order valence-corrected chi connectivity index (χ3v) is 8.84. The molecule has 0 aliphatic carbocycles. The Balaban J connectivity index is 1.43. The quantitative estimate of drug-likeness (QED) is 0.246. The Morgan fingerprint density at radius 1 is 1.02 bits per heavy atom. The summed E-state index contributed by atoms with van der Waals surface area (Å²) in [5.74, 6) is -0.872. The van der Waals surface area contributed by atoms with Gasteiger partial charge in [0.05, 0.1) is 30.8 Å². The third-order valence-electron chi connectivity index (χ3n) is 8.84. The number of carbonyl (C=O) groups is 3. The Hall–Kier alpha value is -4.12. The monoisotopic (exact) mass is 621 g/mol. The van der Waals surface area contributed by atoms with Gasteiger partial charge in [-0.3, -0.25) is 29.6 Å². The molecule has 0 aromatic heterocycles. The van der Waals surface area contributed by atoms with Crippen LogP contribution in [0, 0.1) is 11.3 Å². The molecule has 11 heteroatoms. The highest BCUT2D eigenvalue weighted by Crippen LogP contribution is 2.35. The first kappa shape index (κ1) is 33.8. The molecule has 0 atom stereocenters. The number of carboxylic acid groups (broad SMARTS) is 1. The number of nitrogens with one attached hydrogen (secondary N) is 1. The topological polar surface area (TPSA) is 138 Å². The van der Waals surface area contributed by atoms with Gasteiger partial charge in [-0.2, -0.15) is 0 Å². The normalized spacial score (nSPS) is 16.1. The van der Waals surface area contributed by atoms with Gasteiger partial charge in [-0.25, -0.2) is 0 Å². The molecule has 0 unspecified atom stereocenters. The predicted octanol–water partition coefficient (Wildman–Crippen LogP) is 4.52. The van der Waals surface area contributed by atoms with Gasteiger partial charge in [0.15, 0.2) is 0 Å². The molecule has 0 saturated carbocycles. The predicted molar refractivity (Wildman–Crippen MR) is 175 cm³/mol. The van der Waals surface area contributed by atoms with Gasteiger partial charge in [0.1, 0.15) is 17.3 Å². The van der Waals surface area contributed by atoms with E-state index >= 15 is 0 Å². The lowest BCUT2D eigenvalue weighted by Crippen LogP contribution is -2.51. The smallest absolute Gasteiger partial charge is 0.306 e. The summed E-state index contributed by atoms with van der Waals surface area (Å²) in [5.41, 5.74) is 2.66. The van der Waals surface area contributed by atoms with E-state index in [0.29, 0.717) is 50.3 Å². The van der Waals surface area contributed by atoms with E-state index in [2.05, 4.69) is 9.80 Å². The van der Waals surface area contributed by atoms with Gasteiger partial charge in [-0.15, -0.1) is 0 Å². The van der Waals surface area contributed by atoms with E-state index in [-0.39, 0.29) is 47.2 Å². The standard InChI is InChI=1S/C34H47N5O6/c1-5-6-7-31(41)39(33(35)28-20-27(23(2)3)30(45-4)21-29(28)40)26-10-8-25(9-11-26)37-18-16-36(17-19-37)22-32(42)38-14-12-24(13-15-38)34(43)44/h8-11,20-21,23-24,35,40H,5-7,12-19,22H2,1-4H3,(H,43,44). The average molecular weight is 622 g/mol. The molecule has 2 heterocycles. The number of phenols is 1. The van der Waals surface area contributed by atoms with Gasteiger partial charge in [0.2, 0.25) is 11.8 Å². The van der Waals surface area contributed by atoms with Crippen LogP contribution in [-0.4, -0.2) is 96.6 Å². The Bertz CT molecular complexity index is 1360. The van der Waals surface area contributed by atoms with E-state index in [1.165, 1.54) is 11.0 Å². The summed E-state index contributed by atoms with van der Waals surface area (Å²) in [5, 5.41) is 29.1. The van der Waals surface area contributed by atoms with Crippen molar-refractivity contribution in [2.45, 2.75) is 58.8 Å². The Kier molecular flexibility index (Phi) is 11.4. The Morgan fingerprint density at radius 2 is 1.67 bits per heavy atom. The van der Waals surface area contributed by atoms with Gasteiger partial charge in [0, 0.05) is 57.4 Å². The summed E-state index contributed by atoms with van der Waals surface area (Å²) in [6.45, 7) is 10.3. The van der Waals surface area contributed by atoms with Gasteiger partial charge in [-0.05, 0) is 61.1 Å². The van der Waals surface area contributed by atoms with Crippen molar-refractivity contribution in [2.75, 3.05) is 62.7 Å². The number of piperazine rings is 1. The molecule has 2 aromatic rings. The molecule has 11 nitrogen and oxygen atoms in total. The summed E-state index contributed by atoms with van der Waals surface area (Å²) in [7, 11) is 1.54. The zero-order chi connectivity index (χ0) is 32.7. The van der Waals surface area contributed by atoms with Crippen LogP contribution in [0.3, 0.4) is 0 Å². The Morgan fingerprint density at radius 3 is 2.22 bits per heavy atom. The summed E-state index contributed by atoms with van der Waals surface area (Å²) >= 11 is 0. The largest absolute Gasteiger partial charge is 0.507 e. The van der Waals surface area contributed by atoms with Crippen molar-refractivity contribution < 1.29 is 29.3 Å². The third kappa shape index (κ3) is 8.13.